The van der Waals surface area contributed by atoms with Gasteiger partial charge in [-0.05, 0) is 92.9 Å². The van der Waals surface area contributed by atoms with Gasteiger partial charge in [0.2, 0.25) is 9.54 Å². The molecule has 2 heterocycles. The first-order valence-corrected chi connectivity index (χ1v) is 11.3. The van der Waals surface area contributed by atoms with Crippen LogP contribution in [0, 0.1) is 23.4 Å². The molecule has 160 valence electrons. The summed E-state index contributed by atoms with van der Waals surface area (Å²) in [7, 11) is 0. The van der Waals surface area contributed by atoms with Crippen LogP contribution in [0.15, 0.2) is 61.2 Å². The van der Waals surface area contributed by atoms with E-state index in [1.807, 2.05) is 34.2 Å². The molecule has 4 rings (SSSR count). The monoisotopic (exact) mass is 450 g/mol. The van der Waals surface area contributed by atoms with Gasteiger partial charge in [0.25, 0.3) is 0 Å². The van der Waals surface area contributed by atoms with Crippen LogP contribution in [0.3, 0.4) is 0 Å². The molecule has 4 aromatic rings. The zero-order valence-corrected chi connectivity index (χ0v) is 19.4. The van der Waals surface area contributed by atoms with Crippen LogP contribution in [-0.4, -0.2) is 28.7 Å². The lowest BCUT2D eigenvalue weighted by molar-refractivity contribution is 0.465. The molecule has 2 aromatic carbocycles. The molecular weight excluding hydrogens is 424 g/mol. The van der Waals surface area contributed by atoms with E-state index in [4.69, 9.17) is 24.4 Å². The maximum atomic E-state index is 5.44. The van der Waals surface area contributed by atoms with Gasteiger partial charge in [0, 0.05) is 13.1 Å². The molecule has 0 amide bonds. The predicted molar refractivity (Wildman–Crippen MR) is 128 cm³/mol. The van der Waals surface area contributed by atoms with Gasteiger partial charge in [-0.2, -0.15) is 0 Å². The first kappa shape index (κ1) is 21.4. The lowest BCUT2D eigenvalue weighted by Gasteiger charge is -2.13. The predicted octanol–water partition coefficient (Wildman–Crippen LogP) is 5.61. The normalized spacial score (nSPS) is 11.2. The summed E-state index contributed by atoms with van der Waals surface area (Å²) in [5.74, 6) is 0. The fourth-order valence-corrected chi connectivity index (χ4v) is 4.26. The first-order valence-electron chi connectivity index (χ1n) is 10.5. The van der Waals surface area contributed by atoms with Crippen LogP contribution in [0.5, 0.6) is 0 Å². The van der Waals surface area contributed by atoms with E-state index in [0.29, 0.717) is 9.54 Å². The lowest BCUT2D eigenvalue weighted by Crippen LogP contribution is -2.12. The highest BCUT2D eigenvalue weighted by atomic mass is 32.1. The lowest BCUT2D eigenvalue weighted by atomic mass is 10.2. The Bertz CT molecular complexity index is 1190. The number of nitrogens with zero attached hydrogens (tertiary/aromatic N) is 6. The van der Waals surface area contributed by atoms with E-state index < -0.39 is 0 Å². The second-order valence-corrected chi connectivity index (χ2v) is 8.47. The summed E-state index contributed by atoms with van der Waals surface area (Å²) in [5.41, 5.74) is 4.52. The van der Waals surface area contributed by atoms with Crippen molar-refractivity contribution >= 4 is 24.4 Å². The van der Waals surface area contributed by atoms with Crippen LogP contribution in [0.2, 0.25) is 0 Å². The van der Waals surface area contributed by atoms with E-state index in [1.54, 1.807) is 0 Å². The first-order chi connectivity index (χ1) is 15.0. The summed E-state index contributed by atoms with van der Waals surface area (Å²) in [5, 5.41) is 0. The highest BCUT2D eigenvalue weighted by Gasteiger charge is 2.07. The number of unbranched alkanes of at least 4 members (excludes halogenated alkanes) is 2. The summed E-state index contributed by atoms with van der Waals surface area (Å²) in [6.07, 6.45) is 6.82. The number of aryl methyl sites for hydroxylation is 4. The molecule has 31 heavy (non-hydrogen) atoms. The quantitative estimate of drug-likeness (QED) is 0.259. The molecule has 0 saturated heterocycles. The number of aromatic nitrogens is 6. The Hall–Kier alpha value is -2.84. The van der Waals surface area contributed by atoms with E-state index >= 15 is 0 Å². The minimum Gasteiger partial charge on any atom is -0.268 e. The SMILES string of the molecule is Cc1cccc(-n2c(=S)ncn2CCCCCn2cnc(=S)n2-c2cccc(C)c2)c1. The Morgan fingerprint density at radius 1 is 0.677 bits per heavy atom. The van der Waals surface area contributed by atoms with Gasteiger partial charge < -0.3 is 0 Å². The molecule has 0 saturated carbocycles. The van der Waals surface area contributed by atoms with Crippen LogP contribution < -0.4 is 0 Å². The Morgan fingerprint density at radius 2 is 1.13 bits per heavy atom. The molecule has 0 N–H and O–H groups in total. The summed E-state index contributed by atoms with van der Waals surface area (Å²) in [6, 6.07) is 16.7. The van der Waals surface area contributed by atoms with Crippen LogP contribution >= 0.6 is 24.4 Å². The molecule has 0 radical (unpaired) electrons. The number of hydrogen-bond donors (Lipinski definition) is 0. The molecule has 0 bridgehead atoms. The van der Waals surface area contributed by atoms with Crippen molar-refractivity contribution in [2.45, 2.75) is 46.2 Å². The third-order valence-electron chi connectivity index (χ3n) is 5.25. The largest absolute Gasteiger partial charge is 0.268 e. The molecule has 0 spiro atoms. The second kappa shape index (κ2) is 9.53. The van der Waals surface area contributed by atoms with Gasteiger partial charge in [0.1, 0.15) is 12.7 Å². The van der Waals surface area contributed by atoms with Gasteiger partial charge in [-0.3, -0.25) is 9.36 Å². The highest BCUT2D eigenvalue weighted by Crippen LogP contribution is 2.14. The van der Waals surface area contributed by atoms with E-state index in [2.05, 4.69) is 69.6 Å². The van der Waals surface area contributed by atoms with Gasteiger partial charge >= 0.3 is 0 Å². The Morgan fingerprint density at radius 3 is 1.55 bits per heavy atom. The van der Waals surface area contributed by atoms with Crippen LogP contribution in [0.4, 0.5) is 0 Å². The van der Waals surface area contributed by atoms with Crippen molar-refractivity contribution < 1.29 is 0 Å². The van der Waals surface area contributed by atoms with Gasteiger partial charge in [0.15, 0.2) is 0 Å². The van der Waals surface area contributed by atoms with Gasteiger partial charge in [-0.1, -0.05) is 24.3 Å². The minimum atomic E-state index is 0.584. The van der Waals surface area contributed by atoms with Crippen molar-refractivity contribution in [3.05, 3.63) is 81.9 Å². The van der Waals surface area contributed by atoms with Crippen molar-refractivity contribution in [3.8, 4) is 11.4 Å². The van der Waals surface area contributed by atoms with Crippen molar-refractivity contribution in [2.24, 2.45) is 0 Å². The van der Waals surface area contributed by atoms with Gasteiger partial charge in [-0.25, -0.2) is 19.3 Å². The van der Waals surface area contributed by atoms with E-state index in [-0.39, 0.29) is 0 Å². The summed E-state index contributed by atoms with van der Waals surface area (Å²) in [4.78, 5) is 8.68. The Labute approximate surface area is 192 Å². The second-order valence-electron chi connectivity index (χ2n) is 7.74. The Balaban J connectivity index is 1.38. The topological polar surface area (TPSA) is 45.5 Å². The maximum Gasteiger partial charge on any atom is 0.220 e. The zero-order valence-electron chi connectivity index (χ0n) is 17.8. The average Bonchev–Trinajstić information content (AvgIpc) is 3.30. The molecule has 8 heteroatoms. The van der Waals surface area contributed by atoms with Crippen LogP contribution in [0.1, 0.15) is 30.4 Å². The average molecular weight is 451 g/mol. The van der Waals surface area contributed by atoms with Gasteiger partial charge in [0.05, 0.1) is 11.4 Å². The fraction of sp³-hybridized carbons (Fsp3) is 0.304. The maximum absolute atomic E-state index is 5.44. The molecule has 0 aliphatic heterocycles. The smallest absolute Gasteiger partial charge is 0.220 e. The molecule has 2 aromatic heterocycles. The number of hydrogen-bond acceptors (Lipinski definition) is 4. The van der Waals surface area contributed by atoms with E-state index in [1.165, 1.54) is 11.1 Å². The minimum absolute atomic E-state index is 0.584. The van der Waals surface area contributed by atoms with E-state index in [9.17, 15) is 0 Å². The molecule has 0 aliphatic carbocycles. The van der Waals surface area contributed by atoms with Gasteiger partial charge in [-0.15, -0.1) is 0 Å². The number of rotatable bonds is 8. The van der Waals surface area contributed by atoms with Crippen molar-refractivity contribution in [1.82, 2.24) is 28.7 Å². The highest BCUT2D eigenvalue weighted by molar-refractivity contribution is 7.71. The molecular formula is C23H26N6S2. The third-order valence-corrected chi connectivity index (χ3v) is 5.80. The zero-order chi connectivity index (χ0) is 21.8. The summed E-state index contributed by atoms with van der Waals surface area (Å²) < 4.78 is 9.38. The summed E-state index contributed by atoms with van der Waals surface area (Å²) >= 11 is 10.9. The Kier molecular flexibility index (Phi) is 6.58. The molecule has 0 fully saturated rings. The molecule has 0 atom stereocenters. The fourth-order valence-electron chi connectivity index (χ4n) is 3.74. The van der Waals surface area contributed by atoms with Crippen molar-refractivity contribution in [1.29, 1.82) is 0 Å². The molecule has 0 unspecified atom stereocenters. The molecule has 0 aliphatic rings. The van der Waals surface area contributed by atoms with Crippen LogP contribution in [-0.2, 0) is 13.1 Å². The number of benzene rings is 2. The van der Waals surface area contributed by atoms with Crippen LogP contribution in [0.25, 0.3) is 11.4 Å². The van der Waals surface area contributed by atoms with Crippen molar-refractivity contribution in [3.63, 3.8) is 0 Å². The standard InChI is InChI=1S/C23H26N6S2/c1-18-8-6-10-20(14-18)28-22(30)24-16-26(28)12-4-3-5-13-27-17-25-23(31)29(27)21-11-7-9-19(2)15-21/h6-11,14-17H,3-5,12-13H2,1-2H3. The third kappa shape index (κ3) is 4.91. The van der Waals surface area contributed by atoms with Crippen molar-refractivity contribution in [2.75, 3.05) is 0 Å². The summed E-state index contributed by atoms with van der Waals surface area (Å²) in [6.45, 7) is 5.90. The van der Waals surface area contributed by atoms with E-state index in [0.717, 1.165) is 43.7 Å². The molecule has 6 nitrogen and oxygen atoms in total.